The van der Waals surface area contributed by atoms with E-state index in [9.17, 15) is 18.0 Å². The zero-order valence-corrected chi connectivity index (χ0v) is 13.5. The van der Waals surface area contributed by atoms with Gasteiger partial charge in [-0.3, -0.25) is 5.32 Å². The van der Waals surface area contributed by atoms with E-state index in [0.29, 0.717) is 0 Å². The lowest BCUT2D eigenvalue weighted by molar-refractivity contribution is -0.317. The molecule has 2 N–H and O–H groups in total. The predicted molar refractivity (Wildman–Crippen MR) is 84.8 cm³/mol. The highest BCUT2D eigenvalue weighted by molar-refractivity contribution is 6.33. The lowest BCUT2D eigenvalue weighted by Gasteiger charge is -2.29. The summed E-state index contributed by atoms with van der Waals surface area (Å²) in [6.45, 7) is 1.75. The molecule has 9 heteroatoms. The molecular weight excluding hydrogens is 361 g/mol. The lowest BCUT2D eigenvalue weighted by Crippen LogP contribution is -2.65. The number of fused-ring (bicyclic) bond motifs is 1. The number of benzene rings is 2. The van der Waals surface area contributed by atoms with E-state index in [-0.39, 0.29) is 22.2 Å². The van der Waals surface area contributed by atoms with Gasteiger partial charge >= 0.3 is 18.1 Å². The van der Waals surface area contributed by atoms with Crippen LogP contribution >= 0.6 is 11.6 Å². The third kappa shape index (κ3) is 3.30. The number of alkyl halides is 3. The normalized spacial score (nSPS) is 14.9. The molecule has 0 aliphatic carbocycles. The van der Waals surface area contributed by atoms with E-state index in [1.165, 1.54) is 36.4 Å². The van der Waals surface area contributed by atoms with Gasteiger partial charge in [-0.1, -0.05) is 29.8 Å². The first kappa shape index (κ1) is 17.2. The van der Waals surface area contributed by atoms with Gasteiger partial charge in [-0.15, -0.1) is 0 Å². The van der Waals surface area contributed by atoms with Crippen LogP contribution in [0.25, 0.3) is 0 Å². The lowest BCUT2D eigenvalue weighted by atomic mass is 10.2. The maximum absolute atomic E-state index is 13.5. The minimum absolute atomic E-state index is 0.131. The second-order valence-corrected chi connectivity index (χ2v) is 5.73. The van der Waals surface area contributed by atoms with Gasteiger partial charge in [-0.2, -0.15) is 13.2 Å². The Balaban J connectivity index is 1.83. The number of rotatable bonds is 2. The third-order valence-electron chi connectivity index (χ3n) is 3.38. The molecule has 0 saturated carbocycles. The topological polar surface area (TPSA) is 59.6 Å². The molecule has 25 heavy (non-hydrogen) atoms. The number of halogens is 4. The molecule has 0 spiro atoms. The Hall–Kier alpha value is -2.61. The van der Waals surface area contributed by atoms with Crippen molar-refractivity contribution in [3.8, 4) is 11.5 Å². The Kier molecular flexibility index (Phi) is 4.16. The van der Waals surface area contributed by atoms with Crippen molar-refractivity contribution in [3.05, 3.63) is 53.1 Å². The van der Waals surface area contributed by atoms with Gasteiger partial charge in [0.15, 0.2) is 11.5 Å². The molecule has 0 fully saturated rings. The molecule has 0 aromatic heterocycles. The fourth-order valence-corrected chi connectivity index (χ4v) is 2.39. The van der Waals surface area contributed by atoms with Crippen molar-refractivity contribution in [2.45, 2.75) is 19.0 Å². The van der Waals surface area contributed by atoms with Gasteiger partial charge in [-0.25, -0.2) is 4.79 Å². The average Bonchev–Trinajstić information content (AvgIpc) is 2.89. The van der Waals surface area contributed by atoms with Crippen molar-refractivity contribution in [1.82, 2.24) is 5.32 Å². The molecule has 132 valence electrons. The van der Waals surface area contributed by atoms with Crippen LogP contribution in [0.3, 0.4) is 0 Å². The number of ether oxygens (including phenoxy) is 2. The minimum atomic E-state index is -5.03. The maximum Gasteiger partial charge on any atom is 0.492 e. The summed E-state index contributed by atoms with van der Waals surface area (Å²) in [6, 6.07) is 9.14. The van der Waals surface area contributed by atoms with E-state index in [1.54, 1.807) is 18.3 Å². The van der Waals surface area contributed by atoms with Crippen LogP contribution in [-0.2, 0) is 0 Å². The Bertz CT molecular complexity index is 802. The summed E-state index contributed by atoms with van der Waals surface area (Å²) in [5.74, 6) is -3.58. The van der Waals surface area contributed by atoms with Crippen molar-refractivity contribution in [1.29, 1.82) is 0 Å². The number of urea groups is 1. The summed E-state index contributed by atoms with van der Waals surface area (Å²) in [4.78, 5) is 12.1. The molecule has 0 atom stereocenters. The Morgan fingerprint density at radius 3 is 2.28 bits per heavy atom. The first-order chi connectivity index (χ1) is 11.7. The third-order valence-corrected chi connectivity index (χ3v) is 3.71. The maximum atomic E-state index is 13.5. The van der Waals surface area contributed by atoms with Gasteiger partial charge in [0.1, 0.15) is 0 Å². The smallest absolute Gasteiger partial charge is 0.424 e. The highest BCUT2D eigenvalue weighted by Gasteiger charge is 2.65. The number of hydrogen-bond donors (Lipinski definition) is 2. The number of para-hydroxylation sites is 2. The van der Waals surface area contributed by atoms with Crippen molar-refractivity contribution in [3.63, 3.8) is 0 Å². The van der Waals surface area contributed by atoms with Crippen LogP contribution in [0.4, 0.5) is 23.7 Å². The van der Waals surface area contributed by atoms with E-state index in [4.69, 9.17) is 21.1 Å². The van der Waals surface area contributed by atoms with Crippen molar-refractivity contribution < 1.29 is 27.4 Å². The number of carbonyl (C=O) groups excluding carboxylic acids is 1. The molecule has 2 aromatic rings. The summed E-state index contributed by atoms with van der Waals surface area (Å²) in [5, 5.41) is 4.13. The molecular formula is C16H12ClF3N2O3. The number of nitrogens with one attached hydrogen (secondary N) is 2. The molecule has 1 aliphatic heterocycles. The second kappa shape index (κ2) is 6.03. The molecule has 3 rings (SSSR count). The highest BCUT2D eigenvalue weighted by atomic mass is 35.5. The van der Waals surface area contributed by atoms with E-state index in [1.807, 2.05) is 0 Å². The standard InChI is InChI=1S/C16H12ClF3N2O3/c1-9-6-7-10(17)11(8-9)21-14(23)22-16(15(18,19)20)24-12-4-2-3-5-13(12)25-16/h2-8H,1H3,(H2,21,22,23). The van der Waals surface area contributed by atoms with Crippen LogP contribution in [0.5, 0.6) is 11.5 Å². The Morgan fingerprint density at radius 2 is 1.72 bits per heavy atom. The zero-order chi connectivity index (χ0) is 18.2. The fraction of sp³-hybridized carbons (Fsp3) is 0.188. The molecule has 1 heterocycles. The zero-order valence-electron chi connectivity index (χ0n) is 12.8. The molecule has 5 nitrogen and oxygen atoms in total. The van der Waals surface area contributed by atoms with Crippen LogP contribution in [0.15, 0.2) is 42.5 Å². The van der Waals surface area contributed by atoms with Crippen LogP contribution in [-0.4, -0.2) is 18.1 Å². The number of amides is 2. The highest BCUT2D eigenvalue weighted by Crippen LogP contribution is 2.44. The van der Waals surface area contributed by atoms with Crippen LogP contribution in [0, 0.1) is 6.92 Å². The molecule has 0 radical (unpaired) electrons. The van der Waals surface area contributed by atoms with Crippen LogP contribution in [0.1, 0.15) is 5.56 Å². The summed E-state index contributed by atoms with van der Waals surface area (Å²) >= 11 is 5.93. The SMILES string of the molecule is Cc1ccc(Cl)c(NC(=O)NC2(C(F)(F)F)Oc3ccccc3O2)c1. The van der Waals surface area contributed by atoms with Crippen LogP contribution < -0.4 is 20.1 Å². The van der Waals surface area contributed by atoms with Crippen molar-refractivity contribution in [2.75, 3.05) is 5.32 Å². The number of carbonyl (C=O) groups is 1. The Morgan fingerprint density at radius 1 is 1.12 bits per heavy atom. The van der Waals surface area contributed by atoms with Crippen LogP contribution in [0.2, 0.25) is 5.02 Å². The average molecular weight is 373 g/mol. The quantitative estimate of drug-likeness (QED) is 0.818. The summed E-state index contributed by atoms with van der Waals surface area (Å²) in [5.41, 5.74) is 0.929. The van der Waals surface area contributed by atoms with Gasteiger partial charge in [-0.05, 0) is 36.8 Å². The molecule has 0 unspecified atom stereocenters. The first-order valence-corrected chi connectivity index (χ1v) is 7.47. The molecule has 2 amide bonds. The van der Waals surface area contributed by atoms with Crippen molar-refractivity contribution in [2.24, 2.45) is 0 Å². The first-order valence-electron chi connectivity index (χ1n) is 7.09. The summed E-state index contributed by atoms with van der Waals surface area (Å²) in [6.07, 6.45) is -5.03. The second-order valence-electron chi connectivity index (χ2n) is 5.33. The molecule has 0 saturated heterocycles. The van der Waals surface area contributed by atoms with E-state index < -0.39 is 18.1 Å². The fourth-order valence-electron chi connectivity index (χ4n) is 2.22. The van der Waals surface area contributed by atoms with Gasteiger partial charge in [0, 0.05) is 0 Å². The van der Waals surface area contributed by atoms with E-state index in [0.717, 1.165) is 5.56 Å². The number of aryl methyl sites for hydroxylation is 1. The van der Waals surface area contributed by atoms with E-state index >= 15 is 0 Å². The largest absolute Gasteiger partial charge is 0.492 e. The van der Waals surface area contributed by atoms with Crippen molar-refractivity contribution >= 4 is 23.3 Å². The minimum Gasteiger partial charge on any atom is -0.424 e. The molecule has 1 aliphatic rings. The van der Waals surface area contributed by atoms with Gasteiger partial charge < -0.3 is 14.8 Å². The summed E-state index contributed by atoms with van der Waals surface area (Å²) in [7, 11) is 0. The van der Waals surface area contributed by atoms with Gasteiger partial charge in [0.05, 0.1) is 10.7 Å². The predicted octanol–water partition coefficient (Wildman–Crippen LogP) is 4.46. The Labute approximate surface area is 145 Å². The number of anilines is 1. The number of hydrogen-bond acceptors (Lipinski definition) is 3. The van der Waals surface area contributed by atoms with Gasteiger partial charge in [0.2, 0.25) is 0 Å². The van der Waals surface area contributed by atoms with E-state index in [2.05, 4.69) is 5.32 Å². The molecule has 0 bridgehead atoms. The van der Waals surface area contributed by atoms with Gasteiger partial charge in [0.25, 0.3) is 0 Å². The summed E-state index contributed by atoms with van der Waals surface area (Å²) < 4.78 is 50.3. The molecule has 2 aromatic carbocycles. The monoisotopic (exact) mass is 372 g/mol.